The maximum absolute atomic E-state index is 12.4. The zero-order valence-electron chi connectivity index (χ0n) is 18.4. The largest absolute Gasteiger partial charge is 0.481 e. The summed E-state index contributed by atoms with van der Waals surface area (Å²) in [6.07, 6.45) is -0.718. The Kier molecular flexibility index (Phi) is 6.36. The van der Waals surface area contributed by atoms with Crippen LogP contribution in [0.3, 0.4) is 0 Å². The number of carboxylic acids is 2. The standard InChI is InChI=1S/C25H21N5O5/c26-23(29-27)16-9-10-21-18(11-16)17-3-1-2-4-20(17)30(21)13-14-5-7-15(8-6-14)24(33)28-19(25(34)35)12-22(31)32/h1-11,19,26-27H,12-13H2,(H,28,33)(H,31,32)(H,34,35)/t19-/m0/s1. The molecule has 1 heterocycles. The van der Waals surface area contributed by atoms with E-state index in [-0.39, 0.29) is 11.4 Å². The van der Waals surface area contributed by atoms with Crippen LogP contribution >= 0.6 is 0 Å². The van der Waals surface area contributed by atoms with Gasteiger partial charge in [-0.25, -0.2) is 10.3 Å². The van der Waals surface area contributed by atoms with E-state index in [2.05, 4.69) is 15.0 Å². The summed E-state index contributed by atoms with van der Waals surface area (Å²) in [6, 6.07) is 18.4. The normalized spacial score (nSPS) is 11.8. The van der Waals surface area contributed by atoms with Gasteiger partial charge in [-0.1, -0.05) is 30.3 Å². The van der Waals surface area contributed by atoms with Crippen molar-refractivity contribution in [1.29, 1.82) is 10.9 Å². The Morgan fingerprint density at radius 2 is 1.57 bits per heavy atom. The number of nitrogens with one attached hydrogen (secondary N) is 3. The van der Waals surface area contributed by atoms with Crippen LogP contribution in [0.4, 0.5) is 0 Å². The second kappa shape index (κ2) is 9.56. The maximum atomic E-state index is 12.4. The first-order valence-electron chi connectivity index (χ1n) is 10.6. The number of hydrogen-bond donors (Lipinski definition) is 5. The summed E-state index contributed by atoms with van der Waals surface area (Å²) in [4.78, 5) is 34.5. The number of benzene rings is 3. The van der Waals surface area contributed by atoms with E-state index in [9.17, 15) is 14.4 Å². The topological polar surface area (TPSA) is 169 Å². The Hall–Kier alpha value is -4.86. The van der Waals surface area contributed by atoms with Crippen LogP contribution in [-0.4, -0.2) is 44.5 Å². The van der Waals surface area contributed by atoms with Crippen molar-refractivity contribution in [2.24, 2.45) is 5.11 Å². The van der Waals surface area contributed by atoms with Crippen molar-refractivity contribution < 1.29 is 24.6 Å². The van der Waals surface area contributed by atoms with Crippen molar-refractivity contribution in [1.82, 2.24) is 9.88 Å². The van der Waals surface area contributed by atoms with Gasteiger partial charge in [0.1, 0.15) is 6.04 Å². The average Bonchev–Trinajstić information content (AvgIpc) is 3.16. The SMILES string of the molecule is N=NC(=N)c1ccc2c(c1)c1ccccc1n2Cc1ccc(C(=O)N[C@@H](CC(=O)O)C(=O)O)cc1. The monoisotopic (exact) mass is 471 g/mol. The fraction of sp³-hybridized carbons (Fsp3) is 0.120. The molecule has 1 aromatic heterocycles. The first-order chi connectivity index (χ1) is 16.8. The third-order valence-electron chi connectivity index (χ3n) is 5.70. The van der Waals surface area contributed by atoms with Crippen LogP contribution in [-0.2, 0) is 16.1 Å². The number of aromatic nitrogens is 1. The second-order valence-corrected chi connectivity index (χ2v) is 7.95. The number of amidine groups is 1. The van der Waals surface area contributed by atoms with E-state index in [0.29, 0.717) is 12.1 Å². The lowest BCUT2D eigenvalue weighted by Crippen LogP contribution is -2.42. The molecule has 0 fully saturated rings. The highest BCUT2D eigenvalue weighted by Gasteiger charge is 2.23. The summed E-state index contributed by atoms with van der Waals surface area (Å²) in [5.41, 5.74) is 10.7. The molecule has 0 unspecified atom stereocenters. The minimum atomic E-state index is -1.52. The number of rotatable bonds is 8. The molecule has 0 aliphatic carbocycles. The number of para-hydroxylation sites is 1. The molecule has 4 rings (SSSR count). The van der Waals surface area contributed by atoms with Gasteiger partial charge >= 0.3 is 11.9 Å². The molecule has 1 amide bonds. The summed E-state index contributed by atoms with van der Waals surface area (Å²) in [7, 11) is 0. The Bertz CT molecular complexity index is 1490. The predicted octanol–water partition coefficient (Wildman–Crippen LogP) is 3.86. The highest BCUT2D eigenvalue weighted by molar-refractivity contribution is 6.11. The fourth-order valence-corrected chi connectivity index (χ4v) is 4.00. The maximum Gasteiger partial charge on any atom is 0.326 e. The average molecular weight is 471 g/mol. The van der Waals surface area contributed by atoms with Gasteiger partial charge in [0, 0.05) is 39.5 Å². The van der Waals surface area contributed by atoms with Crippen molar-refractivity contribution in [2.45, 2.75) is 19.0 Å². The minimum absolute atomic E-state index is 0.119. The number of aliphatic carboxylic acids is 2. The molecule has 1 atom stereocenters. The molecule has 3 aromatic carbocycles. The van der Waals surface area contributed by atoms with Gasteiger partial charge in [0.05, 0.1) is 6.42 Å². The van der Waals surface area contributed by atoms with Gasteiger partial charge < -0.3 is 20.1 Å². The number of hydrogen-bond acceptors (Lipinski definition) is 5. The molecule has 0 bridgehead atoms. The molecular formula is C25H21N5O5. The van der Waals surface area contributed by atoms with Gasteiger partial charge in [0.15, 0.2) is 5.84 Å². The van der Waals surface area contributed by atoms with Gasteiger partial charge in [-0.15, -0.1) is 5.11 Å². The molecule has 10 nitrogen and oxygen atoms in total. The molecule has 0 spiro atoms. The molecule has 0 aliphatic rings. The van der Waals surface area contributed by atoms with Crippen molar-refractivity contribution in [3.8, 4) is 0 Å². The summed E-state index contributed by atoms with van der Waals surface area (Å²) >= 11 is 0. The molecule has 176 valence electrons. The number of carbonyl (C=O) groups is 3. The van der Waals surface area contributed by atoms with Crippen molar-refractivity contribution in [3.63, 3.8) is 0 Å². The second-order valence-electron chi connectivity index (χ2n) is 7.95. The number of fused-ring (bicyclic) bond motifs is 3. The van der Waals surface area contributed by atoms with Crippen molar-refractivity contribution >= 4 is 45.5 Å². The summed E-state index contributed by atoms with van der Waals surface area (Å²) in [5.74, 6) is -3.53. The van der Waals surface area contributed by atoms with E-state index in [1.807, 2.05) is 36.4 Å². The zero-order valence-corrected chi connectivity index (χ0v) is 18.4. The lowest BCUT2D eigenvalue weighted by atomic mass is 10.1. The van der Waals surface area contributed by atoms with E-state index in [0.717, 1.165) is 27.4 Å². The molecule has 0 aliphatic heterocycles. The highest BCUT2D eigenvalue weighted by Crippen LogP contribution is 2.30. The van der Waals surface area contributed by atoms with Crippen molar-refractivity contribution in [2.75, 3.05) is 0 Å². The van der Waals surface area contributed by atoms with E-state index in [4.69, 9.17) is 21.2 Å². The third kappa shape index (κ3) is 4.76. The molecule has 4 aromatic rings. The molecule has 0 radical (unpaired) electrons. The quantitative estimate of drug-likeness (QED) is 0.149. The van der Waals surface area contributed by atoms with E-state index >= 15 is 0 Å². The van der Waals surface area contributed by atoms with Crippen LogP contribution in [0, 0.1) is 10.9 Å². The van der Waals surface area contributed by atoms with Gasteiger partial charge in [0.25, 0.3) is 5.91 Å². The Labute approximate surface area is 198 Å². The minimum Gasteiger partial charge on any atom is -0.481 e. The Morgan fingerprint density at radius 1 is 0.914 bits per heavy atom. The van der Waals surface area contributed by atoms with Crippen LogP contribution in [0.1, 0.15) is 27.9 Å². The molecule has 5 N–H and O–H groups in total. The Balaban J connectivity index is 1.62. The van der Waals surface area contributed by atoms with Gasteiger partial charge in [-0.3, -0.25) is 15.0 Å². The van der Waals surface area contributed by atoms with E-state index in [1.165, 1.54) is 0 Å². The molecule has 10 heteroatoms. The first kappa shape index (κ1) is 23.3. The number of carboxylic acid groups (broad SMARTS) is 2. The van der Waals surface area contributed by atoms with E-state index < -0.39 is 30.3 Å². The molecule has 35 heavy (non-hydrogen) atoms. The predicted molar refractivity (Wildman–Crippen MR) is 128 cm³/mol. The van der Waals surface area contributed by atoms with Crippen molar-refractivity contribution in [3.05, 3.63) is 83.4 Å². The Morgan fingerprint density at radius 3 is 2.23 bits per heavy atom. The van der Waals surface area contributed by atoms with Crippen LogP contribution in [0.2, 0.25) is 0 Å². The number of amides is 1. The summed E-state index contributed by atoms with van der Waals surface area (Å²) in [6.45, 7) is 0.488. The fourth-order valence-electron chi connectivity index (χ4n) is 4.00. The van der Waals surface area contributed by atoms with Crippen LogP contribution in [0.15, 0.2) is 71.8 Å². The van der Waals surface area contributed by atoms with Crippen LogP contribution in [0.5, 0.6) is 0 Å². The van der Waals surface area contributed by atoms with Crippen LogP contribution in [0.25, 0.3) is 21.8 Å². The summed E-state index contributed by atoms with van der Waals surface area (Å²) < 4.78 is 2.11. The highest BCUT2D eigenvalue weighted by atomic mass is 16.4. The molecule has 0 saturated carbocycles. The first-order valence-corrected chi connectivity index (χ1v) is 10.6. The number of carbonyl (C=O) groups excluding carboxylic acids is 1. The number of nitrogens with zero attached hydrogens (tertiary/aromatic N) is 2. The van der Waals surface area contributed by atoms with Crippen LogP contribution < -0.4 is 5.32 Å². The zero-order chi connectivity index (χ0) is 25.1. The lowest BCUT2D eigenvalue weighted by molar-refractivity contribution is -0.145. The van der Waals surface area contributed by atoms with E-state index in [1.54, 1.807) is 30.3 Å². The smallest absolute Gasteiger partial charge is 0.326 e. The molecular weight excluding hydrogens is 450 g/mol. The summed E-state index contributed by atoms with van der Waals surface area (Å²) in [5, 5.41) is 33.2. The van der Waals surface area contributed by atoms with Gasteiger partial charge in [-0.05, 0) is 42.0 Å². The lowest BCUT2D eigenvalue weighted by Gasteiger charge is -2.13. The third-order valence-corrected chi connectivity index (χ3v) is 5.70. The van der Waals surface area contributed by atoms with Gasteiger partial charge in [0.2, 0.25) is 0 Å². The van der Waals surface area contributed by atoms with Gasteiger partial charge in [-0.2, -0.15) is 0 Å². The molecule has 0 saturated heterocycles.